The van der Waals surface area contributed by atoms with Gasteiger partial charge in [0.15, 0.2) is 0 Å². The van der Waals surface area contributed by atoms with E-state index in [1.165, 1.54) is 12.0 Å². The summed E-state index contributed by atoms with van der Waals surface area (Å²) in [5.74, 6) is -0.621. The molecule has 0 spiro atoms. The number of carboxylic acid groups (broad SMARTS) is 1. The van der Waals surface area contributed by atoms with Gasteiger partial charge in [0.2, 0.25) is 0 Å². The number of urea groups is 1. The second-order valence-electron chi connectivity index (χ2n) is 4.48. The van der Waals surface area contributed by atoms with E-state index in [1.807, 2.05) is 0 Å². The van der Waals surface area contributed by atoms with Crippen LogP contribution in [-0.4, -0.2) is 67.3 Å². The van der Waals surface area contributed by atoms with Gasteiger partial charge >= 0.3 is 12.0 Å². The van der Waals surface area contributed by atoms with Crippen LogP contribution in [0.25, 0.3) is 0 Å². The first-order chi connectivity index (χ1) is 8.42. The van der Waals surface area contributed by atoms with Crippen molar-refractivity contribution >= 4 is 12.0 Å². The lowest BCUT2D eigenvalue weighted by Crippen LogP contribution is -2.46. The fourth-order valence-corrected chi connectivity index (χ4v) is 1.52. The Morgan fingerprint density at radius 2 is 2.00 bits per heavy atom. The van der Waals surface area contributed by atoms with Crippen LogP contribution in [-0.2, 0) is 9.53 Å². The standard InChI is InChI=1S/C12H24N2O4/c1-5-10(2)8-13(3)12(17)14(6-7-18-4)9-11(15)16/h10H,5-9H2,1-4H3,(H,15,16). The average molecular weight is 260 g/mol. The zero-order valence-electron chi connectivity index (χ0n) is 11.7. The van der Waals surface area contributed by atoms with E-state index < -0.39 is 5.97 Å². The zero-order valence-corrected chi connectivity index (χ0v) is 11.7. The summed E-state index contributed by atoms with van der Waals surface area (Å²) in [6.45, 7) is 5.05. The molecule has 0 saturated carbocycles. The van der Waals surface area contributed by atoms with Gasteiger partial charge in [-0.1, -0.05) is 20.3 Å². The summed E-state index contributed by atoms with van der Waals surface area (Å²) in [4.78, 5) is 25.6. The first-order valence-electron chi connectivity index (χ1n) is 6.13. The van der Waals surface area contributed by atoms with Crippen molar-refractivity contribution in [3.8, 4) is 0 Å². The summed E-state index contributed by atoms with van der Waals surface area (Å²) >= 11 is 0. The summed E-state index contributed by atoms with van der Waals surface area (Å²) in [5, 5.41) is 8.79. The predicted molar refractivity (Wildman–Crippen MR) is 68.6 cm³/mol. The van der Waals surface area contributed by atoms with Crippen LogP contribution >= 0.6 is 0 Å². The monoisotopic (exact) mass is 260 g/mol. The molecule has 6 heteroatoms. The molecule has 0 fully saturated rings. The largest absolute Gasteiger partial charge is 0.480 e. The molecule has 1 unspecified atom stereocenters. The van der Waals surface area contributed by atoms with Crippen LogP contribution in [0, 0.1) is 5.92 Å². The minimum absolute atomic E-state index is 0.269. The lowest BCUT2D eigenvalue weighted by molar-refractivity contribution is -0.137. The summed E-state index contributed by atoms with van der Waals surface area (Å²) in [6, 6.07) is -0.269. The number of nitrogens with zero attached hydrogens (tertiary/aromatic N) is 2. The lowest BCUT2D eigenvalue weighted by atomic mass is 10.1. The molecule has 1 N–H and O–H groups in total. The number of rotatable bonds is 8. The predicted octanol–water partition coefficient (Wildman–Crippen LogP) is 1.12. The van der Waals surface area contributed by atoms with Crippen molar-refractivity contribution in [1.29, 1.82) is 0 Å². The second kappa shape index (κ2) is 8.74. The molecule has 6 nitrogen and oxygen atoms in total. The van der Waals surface area contributed by atoms with Gasteiger partial charge < -0.3 is 19.6 Å². The molecule has 0 aliphatic carbocycles. The number of amides is 2. The SMILES string of the molecule is CCC(C)CN(C)C(=O)N(CCOC)CC(=O)O. The Bertz CT molecular complexity index is 271. The van der Waals surface area contributed by atoms with Crippen LogP contribution in [0.15, 0.2) is 0 Å². The normalized spacial score (nSPS) is 12.0. The Kier molecular flexibility index (Phi) is 8.11. The van der Waals surface area contributed by atoms with Crippen molar-refractivity contribution in [2.24, 2.45) is 5.92 Å². The number of hydrogen-bond donors (Lipinski definition) is 1. The zero-order chi connectivity index (χ0) is 14.1. The van der Waals surface area contributed by atoms with Crippen LogP contribution in [0.5, 0.6) is 0 Å². The first kappa shape index (κ1) is 16.7. The van der Waals surface area contributed by atoms with Crippen molar-refractivity contribution in [3.05, 3.63) is 0 Å². The molecule has 0 saturated heterocycles. The highest BCUT2D eigenvalue weighted by molar-refractivity contribution is 5.80. The summed E-state index contributed by atoms with van der Waals surface area (Å²) < 4.78 is 4.88. The minimum Gasteiger partial charge on any atom is -0.480 e. The number of methoxy groups -OCH3 is 1. The Balaban J connectivity index is 4.46. The molecule has 0 aromatic rings. The van der Waals surface area contributed by atoms with Gasteiger partial charge in [0.1, 0.15) is 6.54 Å². The Hall–Kier alpha value is -1.30. The van der Waals surface area contributed by atoms with Gasteiger partial charge in [-0.15, -0.1) is 0 Å². The third-order valence-corrected chi connectivity index (χ3v) is 2.77. The molecule has 0 rings (SSSR count). The molecular formula is C12H24N2O4. The van der Waals surface area contributed by atoms with Crippen molar-refractivity contribution < 1.29 is 19.4 Å². The molecule has 0 radical (unpaired) electrons. The van der Waals surface area contributed by atoms with Crippen LogP contribution < -0.4 is 0 Å². The van der Waals surface area contributed by atoms with Crippen molar-refractivity contribution in [2.75, 3.05) is 40.4 Å². The number of carbonyl (C=O) groups is 2. The number of ether oxygens (including phenoxy) is 1. The number of aliphatic carboxylic acids is 1. The molecule has 0 aromatic carbocycles. The van der Waals surface area contributed by atoms with Gasteiger partial charge in [0.25, 0.3) is 0 Å². The fourth-order valence-electron chi connectivity index (χ4n) is 1.52. The third kappa shape index (κ3) is 6.44. The van der Waals surface area contributed by atoms with Gasteiger partial charge in [-0.3, -0.25) is 4.79 Å². The van der Waals surface area contributed by atoms with Crippen LogP contribution in [0.3, 0.4) is 0 Å². The molecule has 0 aromatic heterocycles. The van der Waals surface area contributed by atoms with Crippen molar-refractivity contribution in [2.45, 2.75) is 20.3 Å². The van der Waals surface area contributed by atoms with Gasteiger partial charge in [0, 0.05) is 27.2 Å². The first-order valence-corrected chi connectivity index (χ1v) is 6.13. The molecule has 1 atom stereocenters. The number of hydrogen-bond acceptors (Lipinski definition) is 3. The summed E-state index contributed by atoms with van der Waals surface area (Å²) in [7, 11) is 3.21. The van der Waals surface area contributed by atoms with Gasteiger partial charge in [-0.2, -0.15) is 0 Å². The fraction of sp³-hybridized carbons (Fsp3) is 0.833. The van der Waals surface area contributed by atoms with Crippen LogP contribution in [0.2, 0.25) is 0 Å². The maximum absolute atomic E-state index is 12.1. The number of carbonyl (C=O) groups excluding carboxylic acids is 1. The molecule has 18 heavy (non-hydrogen) atoms. The maximum Gasteiger partial charge on any atom is 0.323 e. The lowest BCUT2D eigenvalue weighted by Gasteiger charge is -2.28. The van der Waals surface area contributed by atoms with Crippen LogP contribution in [0.4, 0.5) is 4.79 Å². The minimum atomic E-state index is -1.02. The van der Waals surface area contributed by atoms with E-state index in [0.29, 0.717) is 19.1 Å². The highest BCUT2D eigenvalue weighted by Crippen LogP contribution is 2.05. The summed E-state index contributed by atoms with van der Waals surface area (Å²) in [5.41, 5.74) is 0. The molecule has 0 bridgehead atoms. The van der Waals surface area contributed by atoms with Crippen molar-refractivity contribution in [3.63, 3.8) is 0 Å². The molecule has 0 aliphatic rings. The number of carboxylic acids is 1. The van der Waals surface area contributed by atoms with E-state index in [2.05, 4.69) is 13.8 Å². The Labute approximate surface area is 109 Å². The molecular weight excluding hydrogens is 236 g/mol. The van der Waals surface area contributed by atoms with E-state index in [1.54, 1.807) is 11.9 Å². The smallest absolute Gasteiger partial charge is 0.323 e. The summed E-state index contributed by atoms with van der Waals surface area (Å²) in [6.07, 6.45) is 0.981. The second-order valence-corrected chi connectivity index (χ2v) is 4.48. The third-order valence-electron chi connectivity index (χ3n) is 2.77. The molecule has 0 heterocycles. The van der Waals surface area contributed by atoms with E-state index in [4.69, 9.17) is 9.84 Å². The van der Waals surface area contributed by atoms with Gasteiger partial charge in [-0.05, 0) is 5.92 Å². The van der Waals surface area contributed by atoms with Crippen molar-refractivity contribution in [1.82, 2.24) is 9.80 Å². The van der Waals surface area contributed by atoms with E-state index in [0.717, 1.165) is 6.42 Å². The topological polar surface area (TPSA) is 70.1 Å². The van der Waals surface area contributed by atoms with E-state index in [9.17, 15) is 9.59 Å². The Morgan fingerprint density at radius 3 is 2.44 bits per heavy atom. The molecule has 2 amide bonds. The highest BCUT2D eigenvalue weighted by Gasteiger charge is 2.20. The van der Waals surface area contributed by atoms with Gasteiger partial charge in [-0.25, -0.2) is 4.79 Å². The molecule has 106 valence electrons. The average Bonchev–Trinajstić information content (AvgIpc) is 2.32. The quantitative estimate of drug-likeness (QED) is 0.710. The van der Waals surface area contributed by atoms with E-state index in [-0.39, 0.29) is 19.1 Å². The van der Waals surface area contributed by atoms with Gasteiger partial charge in [0.05, 0.1) is 6.61 Å². The van der Waals surface area contributed by atoms with E-state index >= 15 is 0 Å². The molecule has 0 aliphatic heterocycles. The highest BCUT2D eigenvalue weighted by atomic mass is 16.5. The van der Waals surface area contributed by atoms with Crippen LogP contribution in [0.1, 0.15) is 20.3 Å². The maximum atomic E-state index is 12.1. The Morgan fingerprint density at radius 1 is 1.39 bits per heavy atom.